The summed E-state index contributed by atoms with van der Waals surface area (Å²) in [6, 6.07) is 6.98. The molecule has 0 aliphatic carbocycles. The number of amides is 2. The van der Waals surface area contributed by atoms with Crippen LogP contribution >= 0.6 is 0 Å². The van der Waals surface area contributed by atoms with E-state index in [1.165, 1.54) is 4.90 Å². The second kappa shape index (κ2) is 4.67. The van der Waals surface area contributed by atoms with Crippen LogP contribution < -0.4 is 0 Å². The molecule has 0 aromatic heterocycles. The highest BCUT2D eigenvalue weighted by Gasteiger charge is 2.34. The second-order valence-electron chi connectivity index (χ2n) is 4.20. The topological polar surface area (TPSA) is 40.6 Å². The summed E-state index contributed by atoms with van der Waals surface area (Å²) in [4.78, 5) is 27.4. The lowest BCUT2D eigenvalue weighted by molar-refractivity contribution is 0.0642. The van der Waals surface area contributed by atoms with E-state index in [9.17, 15) is 9.59 Å². The fourth-order valence-corrected chi connectivity index (χ4v) is 1.87. The highest BCUT2D eigenvalue weighted by atomic mass is 16.2. The SMILES string of the molecule is CCN(C)CCN1C(=O)c2ccccc2C1=O. The number of carbonyl (C=O) groups is 2. The maximum absolute atomic E-state index is 12.0. The quantitative estimate of drug-likeness (QED) is 0.733. The van der Waals surface area contributed by atoms with Crippen LogP contribution in [0.25, 0.3) is 0 Å². The molecule has 2 amide bonds. The van der Waals surface area contributed by atoms with E-state index in [0.29, 0.717) is 24.2 Å². The molecule has 0 bridgehead atoms. The van der Waals surface area contributed by atoms with Gasteiger partial charge in [-0.3, -0.25) is 14.5 Å². The van der Waals surface area contributed by atoms with Gasteiger partial charge in [0.15, 0.2) is 0 Å². The molecule has 4 heteroatoms. The molecule has 2 rings (SSSR count). The van der Waals surface area contributed by atoms with Gasteiger partial charge < -0.3 is 4.90 Å². The van der Waals surface area contributed by atoms with Gasteiger partial charge in [0.05, 0.1) is 11.1 Å². The highest BCUT2D eigenvalue weighted by Crippen LogP contribution is 2.21. The van der Waals surface area contributed by atoms with Crippen LogP contribution in [0.2, 0.25) is 0 Å². The summed E-state index contributed by atoms with van der Waals surface area (Å²) >= 11 is 0. The first-order valence-corrected chi connectivity index (χ1v) is 5.79. The van der Waals surface area contributed by atoms with Crippen LogP contribution in [-0.4, -0.2) is 48.3 Å². The number of fused-ring (bicyclic) bond motifs is 1. The fourth-order valence-electron chi connectivity index (χ4n) is 1.87. The molecule has 1 aromatic carbocycles. The smallest absolute Gasteiger partial charge is 0.261 e. The third kappa shape index (κ3) is 2.08. The summed E-state index contributed by atoms with van der Waals surface area (Å²) in [5, 5.41) is 0. The summed E-state index contributed by atoms with van der Waals surface area (Å²) in [5.41, 5.74) is 1.05. The molecule has 0 N–H and O–H groups in total. The van der Waals surface area contributed by atoms with Crippen molar-refractivity contribution >= 4 is 11.8 Å². The van der Waals surface area contributed by atoms with Gasteiger partial charge in [0.25, 0.3) is 11.8 Å². The van der Waals surface area contributed by atoms with Crippen LogP contribution in [0.5, 0.6) is 0 Å². The average molecular weight is 232 g/mol. The van der Waals surface area contributed by atoms with Crippen molar-refractivity contribution < 1.29 is 9.59 Å². The lowest BCUT2D eigenvalue weighted by Gasteiger charge is -2.18. The Bertz CT molecular complexity index is 421. The normalized spacial score (nSPS) is 14.6. The zero-order valence-corrected chi connectivity index (χ0v) is 10.1. The van der Waals surface area contributed by atoms with Crippen molar-refractivity contribution in [3.05, 3.63) is 35.4 Å². The first-order valence-electron chi connectivity index (χ1n) is 5.79. The lowest BCUT2D eigenvalue weighted by atomic mass is 10.1. The molecule has 0 fully saturated rings. The molecule has 4 nitrogen and oxygen atoms in total. The predicted octanol–water partition coefficient (Wildman–Crippen LogP) is 1.23. The van der Waals surface area contributed by atoms with Gasteiger partial charge >= 0.3 is 0 Å². The molecular formula is C13H16N2O2. The maximum Gasteiger partial charge on any atom is 0.261 e. The van der Waals surface area contributed by atoms with E-state index in [0.717, 1.165) is 6.54 Å². The number of benzene rings is 1. The van der Waals surface area contributed by atoms with E-state index < -0.39 is 0 Å². The Labute approximate surface area is 101 Å². The van der Waals surface area contributed by atoms with Crippen molar-refractivity contribution in [2.45, 2.75) is 6.92 Å². The van der Waals surface area contributed by atoms with Crippen LogP contribution in [0, 0.1) is 0 Å². The van der Waals surface area contributed by atoms with Crippen LogP contribution in [-0.2, 0) is 0 Å². The van der Waals surface area contributed by atoms with Crippen molar-refractivity contribution in [3.63, 3.8) is 0 Å². The Hall–Kier alpha value is -1.68. The first kappa shape index (κ1) is 11.8. The Balaban J connectivity index is 2.13. The van der Waals surface area contributed by atoms with E-state index in [4.69, 9.17) is 0 Å². The first-order chi connectivity index (χ1) is 8.15. The number of hydrogen-bond donors (Lipinski definition) is 0. The van der Waals surface area contributed by atoms with Crippen molar-refractivity contribution in [2.75, 3.05) is 26.7 Å². The molecule has 1 aromatic rings. The predicted molar refractivity (Wildman–Crippen MR) is 65.0 cm³/mol. The number of rotatable bonds is 4. The van der Waals surface area contributed by atoms with Crippen molar-refractivity contribution in [2.24, 2.45) is 0 Å². The molecule has 0 saturated heterocycles. The third-order valence-electron chi connectivity index (χ3n) is 3.12. The molecule has 17 heavy (non-hydrogen) atoms. The van der Waals surface area contributed by atoms with Gasteiger partial charge in [0, 0.05) is 13.1 Å². The minimum Gasteiger partial charge on any atom is -0.305 e. The Morgan fingerprint density at radius 2 is 1.65 bits per heavy atom. The average Bonchev–Trinajstić information content (AvgIpc) is 2.60. The molecule has 1 aliphatic rings. The minimum atomic E-state index is -0.171. The molecule has 0 radical (unpaired) electrons. The molecule has 90 valence electrons. The summed E-state index contributed by atoms with van der Waals surface area (Å²) in [5.74, 6) is -0.342. The van der Waals surface area contributed by atoms with E-state index >= 15 is 0 Å². The molecule has 1 aliphatic heterocycles. The van der Waals surface area contributed by atoms with Gasteiger partial charge in [-0.25, -0.2) is 0 Å². The molecule has 0 unspecified atom stereocenters. The number of hydrogen-bond acceptors (Lipinski definition) is 3. The Morgan fingerprint density at radius 3 is 2.12 bits per heavy atom. The molecule has 0 saturated carbocycles. The van der Waals surface area contributed by atoms with Gasteiger partial charge in [-0.05, 0) is 25.7 Å². The molecular weight excluding hydrogens is 216 g/mol. The second-order valence-corrected chi connectivity index (χ2v) is 4.20. The van der Waals surface area contributed by atoms with Gasteiger partial charge in [-0.2, -0.15) is 0 Å². The minimum absolute atomic E-state index is 0.171. The number of imide groups is 1. The van der Waals surface area contributed by atoms with E-state index in [2.05, 4.69) is 4.90 Å². The lowest BCUT2D eigenvalue weighted by Crippen LogP contribution is -2.36. The fraction of sp³-hybridized carbons (Fsp3) is 0.385. The van der Waals surface area contributed by atoms with E-state index in [1.54, 1.807) is 24.3 Å². The number of nitrogens with zero attached hydrogens (tertiary/aromatic N) is 2. The van der Waals surface area contributed by atoms with Crippen LogP contribution in [0.1, 0.15) is 27.6 Å². The summed E-state index contributed by atoms with van der Waals surface area (Å²) in [6.45, 7) is 4.12. The Morgan fingerprint density at radius 1 is 1.12 bits per heavy atom. The maximum atomic E-state index is 12.0. The van der Waals surface area contributed by atoms with Gasteiger partial charge in [-0.15, -0.1) is 0 Å². The molecule has 1 heterocycles. The zero-order chi connectivity index (χ0) is 12.4. The van der Waals surface area contributed by atoms with Gasteiger partial charge in [0.1, 0.15) is 0 Å². The number of carbonyl (C=O) groups excluding carboxylic acids is 2. The van der Waals surface area contributed by atoms with Crippen molar-refractivity contribution in [3.8, 4) is 0 Å². The standard InChI is InChI=1S/C13H16N2O2/c1-3-14(2)8-9-15-12(16)10-6-4-5-7-11(10)13(15)17/h4-7H,3,8-9H2,1-2H3. The summed E-state index contributed by atoms with van der Waals surface area (Å²) in [6.07, 6.45) is 0. The third-order valence-corrected chi connectivity index (χ3v) is 3.12. The summed E-state index contributed by atoms with van der Waals surface area (Å²) in [7, 11) is 1.97. The molecule has 0 atom stereocenters. The van der Waals surface area contributed by atoms with Crippen molar-refractivity contribution in [1.82, 2.24) is 9.80 Å². The van der Waals surface area contributed by atoms with E-state index in [1.807, 2.05) is 14.0 Å². The number of likely N-dealkylation sites (N-methyl/N-ethyl adjacent to an activating group) is 1. The highest BCUT2D eigenvalue weighted by molar-refractivity contribution is 6.21. The van der Waals surface area contributed by atoms with Gasteiger partial charge in [-0.1, -0.05) is 19.1 Å². The van der Waals surface area contributed by atoms with Gasteiger partial charge in [0.2, 0.25) is 0 Å². The van der Waals surface area contributed by atoms with Crippen molar-refractivity contribution in [1.29, 1.82) is 0 Å². The van der Waals surface area contributed by atoms with E-state index in [-0.39, 0.29) is 11.8 Å². The Kier molecular flexibility index (Phi) is 3.24. The largest absolute Gasteiger partial charge is 0.305 e. The van der Waals surface area contributed by atoms with Crippen LogP contribution in [0.15, 0.2) is 24.3 Å². The molecule has 0 spiro atoms. The summed E-state index contributed by atoms with van der Waals surface area (Å²) < 4.78 is 0. The van der Waals surface area contributed by atoms with Crippen LogP contribution in [0.3, 0.4) is 0 Å². The monoisotopic (exact) mass is 232 g/mol. The zero-order valence-electron chi connectivity index (χ0n) is 10.1. The van der Waals surface area contributed by atoms with Crippen LogP contribution in [0.4, 0.5) is 0 Å².